The summed E-state index contributed by atoms with van der Waals surface area (Å²) >= 11 is 1.46. The summed E-state index contributed by atoms with van der Waals surface area (Å²) < 4.78 is 0. The van der Waals surface area contributed by atoms with E-state index in [0.29, 0.717) is 22.5 Å². The molecule has 9 heteroatoms. The van der Waals surface area contributed by atoms with Crippen LogP contribution in [0.3, 0.4) is 0 Å². The van der Waals surface area contributed by atoms with Crippen LogP contribution in [0.1, 0.15) is 25.7 Å². The summed E-state index contributed by atoms with van der Waals surface area (Å²) in [7, 11) is 0. The smallest absolute Gasteiger partial charge is 0.253 e. The van der Waals surface area contributed by atoms with Crippen molar-refractivity contribution < 1.29 is 0 Å². The summed E-state index contributed by atoms with van der Waals surface area (Å²) in [5, 5.41) is 13.1. The van der Waals surface area contributed by atoms with Gasteiger partial charge in [-0.25, -0.2) is 0 Å². The van der Waals surface area contributed by atoms with Crippen LogP contribution in [0.15, 0.2) is 9.59 Å². The van der Waals surface area contributed by atoms with Crippen molar-refractivity contribution in [1.29, 1.82) is 0 Å². The first-order valence-corrected chi connectivity index (χ1v) is 10.2. The predicted octanol–water partition coefficient (Wildman–Crippen LogP) is 0.762. The molecule has 3 saturated heterocycles. The summed E-state index contributed by atoms with van der Waals surface area (Å²) in [6, 6.07) is 0.624. The van der Waals surface area contributed by atoms with Crippen LogP contribution in [0.2, 0.25) is 0 Å². The number of nitrogens with zero attached hydrogens (tertiary/aromatic N) is 5. The van der Waals surface area contributed by atoms with Crippen molar-refractivity contribution in [2.24, 2.45) is 0 Å². The molecular weight excluding hydrogens is 352 g/mol. The largest absolute Gasteiger partial charge is 0.366 e. The fourth-order valence-electron chi connectivity index (χ4n) is 4.40. The number of hydrogen-bond donors (Lipinski definition) is 1. The first-order chi connectivity index (χ1) is 12.7. The fraction of sp³-hybridized carbons (Fsp3) is 0.647. The van der Waals surface area contributed by atoms with Crippen molar-refractivity contribution in [1.82, 2.24) is 15.1 Å². The highest BCUT2D eigenvalue weighted by atomic mass is 32.1. The summed E-state index contributed by atoms with van der Waals surface area (Å²) in [4.78, 5) is 30.8. The predicted molar refractivity (Wildman–Crippen MR) is 103 cm³/mol. The average molecular weight is 374 g/mol. The second kappa shape index (κ2) is 6.31. The van der Waals surface area contributed by atoms with Gasteiger partial charge in [-0.05, 0) is 32.2 Å². The molecule has 1 N–H and O–H groups in total. The Balaban J connectivity index is 1.32. The van der Waals surface area contributed by atoms with Crippen LogP contribution in [0, 0.1) is 0 Å². The molecule has 0 aliphatic carbocycles. The quantitative estimate of drug-likeness (QED) is 0.786. The molecule has 0 amide bonds. The average Bonchev–Trinajstić information content (AvgIpc) is 3.41. The van der Waals surface area contributed by atoms with Gasteiger partial charge in [0.15, 0.2) is 0 Å². The molecule has 0 spiro atoms. The number of fused-ring (bicyclic) bond motifs is 1. The molecular formula is C17H22N6O2S. The van der Waals surface area contributed by atoms with E-state index >= 15 is 0 Å². The van der Waals surface area contributed by atoms with Crippen molar-refractivity contribution >= 4 is 33.0 Å². The third kappa shape index (κ3) is 2.61. The third-order valence-corrected chi connectivity index (χ3v) is 6.71. The van der Waals surface area contributed by atoms with Crippen LogP contribution in [0.4, 0.5) is 21.6 Å². The van der Waals surface area contributed by atoms with Gasteiger partial charge in [0.25, 0.3) is 10.9 Å². The Bertz CT molecular complexity index is 882. The van der Waals surface area contributed by atoms with Gasteiger partial charge in [0.1, 0.15) is 11.4 Å². The van der Waals surface area contributed by atoms with Crippen molar-refractivity contribution in [3.63, 3.8) is 0 Å². The summed E-state index contributed by atoms with van der Waals surface area (Å²) in [5.74, 6) is 0. The minimum Gasteiger partial charge on any atom is -0.366 e. The van der Waals surface area contributed by atoms with Crippen LogP contribution in [0.25, 0.3) is 0 Å². The molecule has 4 heterocycles. The van der Waals surface area contributed by atoms with Crippen molar-refractivity contribution in [2.45, 2.75) is 31.7 Å². The molecule has 26 heavy (non-hydrogen) atoms. The van der Waals surface area contributed by atoms with E-state index in [9.17, 15) is 9.59 Å². The Morgan fingerprint density at radius 2 is 1.77 bits per heavy atom. The third-order valence-electron chi connectivity index (χ3n) is 5.81. The first kappa shape index (κ1) is 16.2. The number of anilines is 4. The van der Waals surface area contributed by atoms with E-state index in [-0.39, 0.29) is 5.43 Å². The maximum Gasteiger partial charge on any atom is 0.253 e. The summed E-state index contributed by atoms with van der Waals surface area (Å²) in [6.45, 7) is 5.92. The molecule has 5 rings (SSSR count). The topological polar surface area (TPSA) is 81.7 Å². The minimum absolute atomic E-state index is 0.378. The Hall–Kier alpha value is -2.00. The van der Waals surface area contributed by atoms with Gasteiger partial charge in [-0.2, -0.15) is 0 Å². The lowest BCUT2D eigenvalue weighted by molar-refractivity contribution is 0.231. The zero-order valence-electron chi connectivity index (χ0n) is 14.6. The van der Waals surface area contributed by atoms with Gasteiger partial charge in [0.05, 0.1) is 0 Å². The monoisotopic (exact) mass is 374 g/mol. The number of piperazine rings is 1. The van der Waals surface area contributed by atoms with E-state index in [1.807, 2.05) is 4.90 Å². The summed E-state index contributed by atoms with van der Waals surface area (Å²) in [5.41, 5.74) is 0.101. The van der Waals surface area contributed by atoms with Crippen molar-refractivity contribution in [3.8, 4) is 0 Å². The molecule has 0 unspecified atom stereocenters. The lowest BCUT2D eigenvalue weighted by Gasteiger charge is -2.37. The molecule has 3 aliphatic heterocycles. The molecule has 8 nitrogen and oxygen atoms in total. The molecule has 3 aliphatic rings. The molecule has 138 valence electrons. The van der Waals surface area contributed by atoms with Crippen molar-refractivity contribution in [3.05, 3.63) is 20.4 Å². The Kier molecular flexibility index (Phi) is 3.93. The Morgan fingerprint density at radius 3 is 2.62 bits per heavy atom. The molecule has 1 atom stereocenters. The van der Waals surface area contributed by atoms with E-state index < -0.39 is 5.43 Å². The van der Waals surface area contributed by atoms with Crippen LogP contribution >= 0.6 is 11.3 Å². The van der Waals surface area contributed by atoms with E-state index in [4.69, 9.17) is 0 Å². The molecule has 2 aromatic rings. The maximum atomic E-state index is 12.0. The van der Waals surface area contributed by atoms with Gasteiger partial charge in [-0.15, -0.1) is 10.2 Å². The van der Waals surface area contributed by atoms with Gasteiger partial charge >= 0.3 is 0 Å². The highest BCUT2D eigenvalue weighted by Gasteiger charge is 2.32. The molecule has 0 radical (unpaired) electrons. The second-order valence-electron chi connectivity index (χ2n) is 7.37. The molecule has 0 saturated carbocycles. The lowest BCUT2D eigenvalue weighted by Crippen LogP contribution is -2.50. The van der Waals surface area contributed by atoms with E-state index in [0.717, 1.165) is 50.7 Å². The zero-order chi connectivity index (χ0) is 17.7. The van der Waals surface area contributed by atoms with Crippen LogP contribution in [0.5, 0.6) is 0 Å². The second-order valence-corrected chi connectivity index (χ2v) is 8.32. The van der Waals surface area contributed by atoms with Crippen molar-refractivity contribution in [2.75, 3.05) is 54.4 Å². The van der Waals surface area contributed by atoms with Crippen LogP contribution in [-0.2, 0) is 0 Å². The maximum absolute atomic E-state index is 12.0. The number of nitrogens with one attached hydrogen (secondary N) is 1. The molecule has 1 aromatic carbocycles. The number of hydrogen-bond acceptors (Lipinski definition) is 9. The van der Waals surface area contributed by atoms with Gasteiger partial charge < -0.3 is 15.1 Å². The molecule has 3 fully saturated rings. The SMILES string of the molecule is O=c1c(Nc2nnc(N3CCN4CCC[C@H]4C3)s2)c(N2CCCC2)c1=O. The van der Waals surface area contributed by atoms with E-state index in [1.54, 1.807) is 0 Å². The van der Waals surface area contributed by atoms with Crippen LogP contribution < -0.4 is 26.0 Å². The number of aromatic nitrogens is 2. The van der Waals surface area contributed by atoms with Gasteiger partial charge in [0.2, 0.25) is 10.3 Å². The Morgan fingerprint density at radius 1 is 0.923 bits per heavy atom. The highest BCUT2D eigenvalue weighted by Crippen LogP contribution is 2.32. The summed E-state index contributed by atoms with van der Waals surface area (Å²) in [6.07, 6.45) is 4.66. The normalized spacial score (nSPS) is 23.8. The van der Waals surface area contributed by atoms with Gasteiger partial charge in [-0.1, -0.05) is 11.3 Å². The van der Waals surface area contributed by atoms with Gasteiger partial charge in [-0.3, -0.25) is 14.5 Å². The first-order valence-electron chi connectivity index (χ1n) is 9.38. The minimum atomic E-state index is -0.441. The molecule has 0 bridgehead atoms. The van der Waals surface area contributed by atoms with Gasteiger partial charge in [0, 0.05) is 38.8 Å². The Labute approximate surface area is 155 Å². The lowest BCUT2D eigenvalue weighted by atomic mass is 10.1. The zero-order valence-corrected chi connectivity index (χ0v) is 15.4. The number of rotatable bonds is 4. The highest BCUT2D eigenvalue weighted by molar-refractivity contribution is 7.19. The molecule has 1 aromatic heterocycles. The van der Waals surface area contributed by atoms with Crippen LogP contribution in [-0.4, -0.2) is 60.4 Å². The van der Waals surface area contributed by atoms with E-state index in [1.165, 1.54) is 30.7 Å². The standard InChI is InChI=1S/C17H22N6O2S/c24-14-12(13(15(14)25)22-5-1-2-6-22)18-16-19-20-17(26-16)23-9-8-21-7-3-4-11(21)10-23/h11H,1-10H2,(H,18,19)/t11-/m0/s1. The van der Waals surface area contributed by atoms with E-state index in [2.05, 4.69) is 25.3 Å². The fourth-order valence-corrected chi connectivity index (χ4v) is 5.19.